The van der Waals surface area contributed by atoms with Crippen molar-refractivity contribution < 1.29 is 4.74 Å². The minimum Gasteiger partial charge on any atom is -0.494 e. The van der Waals surface area contributed by atoms with E-state index in [4.69, 9.17) is 4.74 Å². The topological polar surface area (TPSA) is 39.9 Å². The number of rotatable bonds is 7. The van der Waals surface area contributed by atoms with Crippen LogP contribution in [-0.2, 0) is 6.54 Å². The fraction of sp³-hybridized carbons (Fsp3) is 0.556. The van der Waals surface area contributed by atoms with Crippen LogP contribution in [0.25, 0.3) is 11.3 Å². The molecule has 0 aliphatic rings. The van der Waals surface area contributed by atoms with E-state index in [9.17, 15) is 0 Å². The highest BCUT2D eigenvalue weighted by molar-refractivity contribution is 5.58. The summed E-state index contributed by atoms with van der Waals surface area (Å²) in [5.74, 6) is 0.918. The SMILES string of the molecule is CCCCCOc1ccc(-c2cn(CC(C)(C)C)nn2)cc1. The lowest BCUT2D eigenvalue weighted by atomic mass is 9.97. The Balaban J connectivity index is 1.95. The minimum absolute atomic E-state index is 0.196. The van der Waals surface area contributed by atoms with E-state index in [0.29, 0.717) is 0 Å². The molecule has 22 heavy (non-hydrogen) atoms. The molecule has 2 aromatic rings. The van der Waals surface area contributed by atoms with E-state index in [2.05, 4.69) is 38.0 Å². The van der Waals surface area contributed by atoms with Gasteiger partial charge in [0.1, 0.15) is 11.4 Å². The van der Waals surface area contributed by atoms with Crippen molar-refractivity contribution in [3.63, 3.8) is 0 Å². The van der Waals surface area contributed by atoms with Crippen molar-refractivity contribution in [2.24, 2.45) is 5.41 Å². The van der Waals surface area contributed by atoms with E-state index in [0.717, 1.165) is 36.6 Å². The first-order valence-corrected chi connectivity index (χ1v) is 8.11. The van der Waals surface area contributed by atoms with Gasteiger partial charge in [-0.25, -0.2) is 0 Å². The van der Waals surface area contributed by atoms with Gasteiger partial charge in [-0.2, -0.15) is 0 Å². The Kier molecular flexibility index (Phi) is 5.58. The Hall–Kier alpha value is -1.84. The number of ether oxygens (including phenoxy) is 1. The summed E-state index contributed by atoms with van der Waals surface area (Å²) in [5.41, 5.74) is 2.17. The summed E-state index contributed by atoms with van der Waals surface area (Å²) in [6.07, 6.45) is 5.54. The normalized spacial score (nSPS) is 11.6. The summed E-state index contributed by atoms with van der Waals surface area (Å²) < 4.78 is 7.64. The van der Waals surface area contributed by atoms with Gasteiger partial charge in [-0.3, -0.25) is 4.68 Å². The molecule has 4 heteroatoms. The van der Waals surface area contributed by atoms with E-state index in [1.54, 1.807) is 0 Å². The number of benzene rings is 1. The summed E-state index contributed by atoms with van der Waals surface area (Å²) >= 11 is 0. The molecule has 0 aliphatic carbocycles. The van der Waals surface area contributed by atoms with Crippen LogP contribution < -0.4 is 4.74 Å². The number of hydrogen-bond donors (Lipinski definition) is 0. The van der Waals surface area contributed by atoms with Crippen LogP contribution in [0.3, 0.4) is 0 Å². The van der Waals surface area contributed by atoms with Gasteiger partial charge in [0.25, 0.3) is 0 Å². The Morgan fingerprint density at radius 2 is 1.82 bits per heavy atom. The fourth-order valence-electron chi connectivity index (χ4n) is 2.26. The van der Waals surface area contributed by atoms with Crippen LogP contribution in [0.5, 0.6) is 5.75 Å². The second kappa shape index (κ2) is 7.43. The predicted molar refractivity (Wildman–Crippen MR) is 89.9 cm³/mol. The van der Waals surface area contributed by atoms with Crippen LogP contribution in [0.15, 0.2) is 30.5 Å². The molecule has 1 aromatic carbocycles. The number of hydrogen-bond acceptors (Lipinski definition) is 3. The lowest BCUT2D eigenvalue weighted by Gasteiger charge is -2.16. The monoisotopic (exact) mass is 301 g/mol. The smallest absolute Gasteiger partial charge is 0.119 e. The Bertz CT molecular complexity index is 567. The summed E-state index contributed by atoms with van der Waals surface area (Å²) in [7, 11) is 0. The molecule has 2 rings (SSSR count). The number of nitrogens with zero attached hydrogens (tertiary/aromatic N) is 3. The maximum atomic E-state index is 5.73. The molecule has 0 unspecified atom stereocenters. The third kappa shape index (κ3) is 5.17. The molecule has 0 fully saturated rings. The standard InChI is InChI=1S/C18H27N3O/c1-5-6-7-12-22-16-10-8-15(9-11-16)17-13-21(20-19-17)14-18(2,3)4/h8-11,13H,5-7,12,14H2,1-4H3. The van der Waals surface area contributed by atoms with Crippen molar-refractivity contribution in [3.05, 3.63) is 30.5 Å². The lowest BCUT2D eigenvalue weighted by Crippen LogP contribution is -2.15. The molecule has 0 atom stereocenters. The zero-order chi connectivity index (χ0) is 16.0. The first-order chi connectivity index (χ1) is 10.5. The van der Waals surface area contributed by atoms with Crippen molar-refractivity contribution >= 4 is 0 Å². The predicted octanol–water partition coefficient (Wildman–Crippen LogP) is 4.56. The Morgan fingerprint density at radius 3 is 2.45 bits per heavy atom. The minimum atomic E-state index is 0.196. The number of unbranched alkanes of at least 4 members (excludes halogenated alkanes) is 2. The van der Waals surface area contributed by atoms with Crippen LogP contribution in [0.1, 0.15) is 47.0 Å². The molecule has 120 valence electrons. The number of aromatic nitrogens is 3. The third-order valence-corrected chi connectivity index (χ3v) is 3.34. The van der Waals surface area contributed by atoms with Gasteiger partial charge in [-0.05, 0) is 36.1 Å². The molecule has 0 amide bonds. The zero-order valence-electron chi connectivity index (χ0n) is 14.2. The van der Waals surface area contributed by atoms with Crippen LogP contribution in [0.4, 0.5) is 0 Å². The van der Waals surface area contributed by atoms with Gasteiger partial charge in [0, 0.05) is 12.1 Å². The molecule has 0 bridgehead atoms. The summed E-state index contributed by atoms with van der Waals surface area (Å²) in [5, 5.41) is 8.46. The van der Waals surface area contributed by atoms with Gasteiger partial charge >= 0.3 is 0 Å². The van der Waals surface area contributed by atoms with Gasteiger partial charge in [-0.15, -0.1) is 5.10 Å². The second-order valence-electron chi connectivity index (χ2n) is 6.94. The molecule has 4 nitrogen and oxygen atoms in total. The average molecular weight is 301 g/mol. The summed E-state index contributed by atoms with van der Waals surface area (Å²) in [6.45, 7) is 10.4. The molecule has 0 N–H and O–H groups in total. The first-order valence-electron chi connectivity index (χ1n) is 8.11. The van der Waals surface area contributed by atoms with Crippen LogP contribution in [0, 0.1) is 5.41 Å². The fourth-order valence-corrected chi connectivity index (χ4v) is 2.26. The molecule has 0 spiro atoms. The van der Waals surface area contributed by atoms with Gasteiger partial charge in [-0.1, -0.05) is 45.7 Å². The van der Waals surface area contributed by atoms with E-state index in [-0.39, 0.29) is 5.41 Å². The van der Waals surface area contributed by atoms with Crippen LogP contribution in [0.2, 0.25) is 0 Å². The molecule has 0 saturated carbocycles. The van der Waals surface area contributed by atoms with E-state index < -0.39 is 0 Å². The van der Waals surface area contributed by atoms with Crippen molar-refractivity contribution in [2.75, 3.05) is 6.61 Å². The molecule has 1 heterocycles. The van der Waals surface area contributed by atoms with E-state index in [1.807, 2.05) is 35.1 Å². The molecular weight excluding hydrogens is 274 g/mol. The quantitative estimate of drug-likeness (QED) is 0.704. The van der Waals surface area contributed by atoms with Gasteiger partial charge < -0.3 is 4.74 Å². The van der Waals surface area contributed by atoms with Gasteiger partial charge in [0.15, 0.2) is 0 Å². The van der Waals surface area contributed by atoms with Crippen molar-refractivity contribution in [1.29, 1.82) is 0 Å². The zero-order valence-corrected chi connectivity index (χ0v) is 14.2. The summed E-state index contributed by atoms with van der Waals surface area (Å²) in [6, 6.07) is 8.09. The molecule has 0 saturated heterocycles. The molecule has 1 aromatic heterocycles. The van der Waals surface area contributed by atoms with E-state index >= 15 is 0 Å². The van der Waals surface area contributed by atoms with E-state index in [1.165, 1.54) is 12.8 Å². The van der Waals surface area contributed by atoms with Crippen molar-refractivity contribution in [2.45, 2.75) is 53.5 Å². The summed E-state index contributed by atoms with van der Waals surface area (Å²) in [4.78, 5) is 0. The van der Waals surface area contributed by atoms with Crippen molar-refractivity contribution in [3.8, 4) is 17.0 Å². The molecule has 0 radical (unpaired) electrons. The Labute approximate surface area is 133 Å². The maximum Gasteiger partial charge on any atom is 0.119 e. The van der Waals surface area contributed by atoms with Crippen LogP contribution in [-0.4, -0.2) is 21.6 Å². The highest BCUT2D eigenvalue weighted by Gasteiger charge is 2.13. The largest absolute Gasteiger partial charge is 0.494 e. The molecular formula is C18H27N3O. The maximum absolute atomic E-state index is 5.73. The lowest BCUT2D eigenvalue weighted by molar-refractivity contribution is 0.306. The molecule has 0 aliphatic heterocycles. The van der Waals surface area contributed by atoms with Crippen molar-refractivity contribution in [1.82, 2.24) is 15.0 Å². The van der Waals surface area contributed by atoms with Crippen LogP contribution >= 0.6 is 0 Å². The van der Waals surface area contributed by atoms with Gasteiger partial charge in [0.2, 0.25) is 0 Å². The Morgan fingerprint density at radius 1 is 1.09 bits per heavy atom. The highest BCUT2D eigenvalue weighted by Crippen LogP contribution is 2.22. The van der Waals surface area contributed by atoms with Gasteiger partial charge in [0.05, 0.1) is 12.8 Å². The highest BCUT2D eigenvalue weighted by atomic mass is 16.5. The average Bonchev–Trinajstić information content (AvgIpc) is 2.90. The first kappa shape index (κ1) is 16.5. The second-order valence-corrected chi connectivity index (χ2v) is 6.94. The third-order valence-electron chi connectivity index (χ3n) is 3.34.